The molecule has 1 aliphatic rings. The monoisotopic (exact) mass is 522 g/mol. The summed E-state index contributed by atoms with van der Waals surface area (Å²) in [7, 11) is 1.62. The number of amides is 1. The first-order valence-corrected chi connectivity index (χ1v) is 13.9. The topological polar surface area (TPSA) is 82.5 Å². The number of aryl methyl sites for hydroxylation is 2. The molecule has 206 valence electrons. The molecule has 1 aliphatic heterocycles. The van der Waals surface area contributed by atoms with E-state index in [0.717, 1.165) is 75.1 Å². The van der Waals surface area contributed by atoms with Crippen molar-refractivity contribution in [3.05, 3.63) is 58.7 Å². The summed E-state index contributed by atoms with van der Waals surface area (Å²) in [5.74, 6) is 1.08. The number of rotatable bonds is 9. The second-order valence-electron chi connectivity index (χ2n) is 9.88. The van der Waals surface area contributed by atoms with Gasteiger partial charge >= 0.3 is 0 Å². The van der Waals surface area contributed by atoms with Crippen LogP contribution in [0.3, 0.4) is 0 Å². The van der Waals surface area contributed by atoms with Crippen molar-refractivity contribution in [2.75, 3.05) is 20.1 Å². The van der Waals surface area contributed by atoms with Gasteiger partial charge in [-0.05, 0) is 73.3 Å². The summed E-state index contributed by atoms with van der Waals surface area (Å²) in [6, 6.07) is 8.49. The molecule has 1 unspecified atom stereocenters. The van der Waals surface area contributed by atoms with Crippen molar-refractivity contribution in [3.63, 3.8) is 0 Å². The van der Waals surface area contributed by atoms with E-state index < -0.39 is 5.82 Å². The van der Waals surface area contributed by atoms with Gasteiger partial charge in [-0.3, -0.25) is 9.79 Å². The number of aliphatic imine (C=N–C) groups is 1. The number of nitriles is 1. The molecule has 38 heavy (non-hydrogen) atoms. The normalized spacial score (nSPS) is 16.9. The Morgan fingerprint density at radius 2 is 2.08 bits per heavy atom. The van der Waals surface area contributed by atoms with Crippen LogP contribution in [0.15, 0.2) is 39.9 Å². The fraction of sp³-hybridized carbons (Fsp3) is 0.548. The fourth-order valence-corrected chi connectivity index (χ4v) is 4.52. The van der Waals surface area contributed by atoms with E-state index in [4.69, 9.17) is 9.78 Å². The fourth-order valence-electron chi connectivity index (χ4n) is 4.52. The molecule has 3 rings (SSSR count). The molecule has 6 nitrogen and oxygen atoms in total. The molecular weight excluding hydrogens is 479 g/mol. The minimum absolute atomic E-state index is 0.0200. The summed E-state index contributed by atoms with van der Waals surface area (Å²) in [4.78, 5) is 19.2. The Morgan fingerprint density at radius 1 is 1.32 bits per heavy atom. The average molecular weight is 523 g/mol. The zero-order valence-electron chi connectivity index (χ0n) is 23.9. The molecule has 0 saturated carbocycles. The van der Waals surface area contributed by atoms with Gasteiger partial charge in [-0.25, -0.2) is 4.39 Å². The van der Waals surface area contributed by atoms with E-state index in [1.54, 1.807) is 19.2 Å². The maximum absolute atomic E-state index is 14.2. The third kappa shape index (κ3) is 8.65. The average Bonchev–Trinajstić information content (AvgIpc) is 3.41. The molecule has 2 atom stereocenters. The third-order valence-electron chi connectivity index (χ3n) is 7.17. The number of aromatic nitrogens is 1. The van der Waals surface area contributed by atoms with Gasteiger partial charge in [-0.15, -0.1) is 0 Å². The molecule has 1 aromatic carbocycles. The molecule has 0 aliphatic carbocycles. The van der Waals surface area contributed by atoms with Gasteiger partial charge in [0.25, 0.3) is 5.91 Å². The number of carbonyl (C=O) groups is 1. The van der Waals surface area contributed by atoms with Gasteiger partial charge < -0.3 is 9.42 Å². The Hall–Kier alpha value is -3.27. The maximum Gasteiger partial charge on any atom is 0.271 e. The first-order valence-electron chi connectivity index (χ1n) is 13.9. The van der Waals surface area contributed by atoms with Crippen molar-refractivity contribution in [2.24, 2.45) is 16.8 Å². The van der Waals surface area contributed by atoms with Gasteiger partial charge in [0.1, 0.15) is 23.4 Å². The number of hydrogen-bond acceptors (Lipinski definition) is 5. The second-order valence-corrected chi connectivity index (χ2v) is 9.88. The molecule has 1 amide bonds. The highest BCUT2D eigenvalue weighted by Gasteiger charge is 2.25. The van der Waals surface area contributed by atoms with Gasteiger partial charge in [0.05, 0.1) is 11.3 Å². The number of likely N-dealkylation sites (tertiary alicyclic amines) is 1. The molecule has 0 spiro atoms. The van der Waals surface area contributed by atoms with Gasteiger partial charge in [0, 0.05) is 32.6 Å². The van der Waals surface area contributed by atoms with Crippen molar-refractivity contribution < 1.29 is 13.7 Å². The summed E-state index contributed by atoms with van der Waals surface area (Å²) in [5.41, 5.74) is 3.03. The minimum atomic E-state index is -0.544. The number of halogens is 1. The van der Waals surface area contributed by atoms with Gasteiger partial charge in [-0.1, -0.05) is 52.3 Å². The summed E-state index contributed by atoms with van der Waals surface area (Å²) < 4.78 is 19.2. The zero-order valence-corrected chi connectivity index (χ0v) is 23.9. The summed E-state index contributed by atoms with van der Waals surface area (Å²) in [6.45, 7) is 12.0. The Labute approximate surface area is 227 Å². The van der Waals surface area contributed by atoms with E-state index in [-0.39, 0.29) is 17.4 Å². The zero-order chi connectivity index (χ0) is 28.1. The number of allylic oxidation sites excluding steroid dienone is 1. The van der Waals surface area contributed by atoms with E-state index in [2.05, 4.69) is 37.8 Å². The lowest BCUT2D eigenvalue weighted by Gasteiger charge is -2.32. The van der Waals surface area contributed by atoms with Crippen LogP contribution >= 0.6 is 0 Å². The molecule has 0 bridgehead atoms. The SMILES string of the molecule is CCC(C)/C(=C\C(=NC)C(=O)N1CCC[C@@H](CC)C1)c1ccc(C#N)c(F)c1.CCCc1cc(CC)no1. The Balaban J connectivity index is 0.000000423. The molecule has 0 radical (unpaired) electrons. The number of piperidine rings is 1. The highest BCUT2D eigenvalue weighted by atomic mass is 19.1. The Kier molecular flexibility index (Phi) is 12.9. The molecule has 0 N–H and O–H groups in total. The van der Waals surface area contributed by atoms with Gasteiger partial charge in [0.15, 0.2) is 0 Å². The lowest BCUT2D eigenvalue weighted by molar-refractivity contribution is -0.125. The van der Waals surface area contributed by atoms with Crippen molar-refractivity contribution in [2.45, 2.75) is 79.6 Å². The van der Waals surface area contributed by atoms with E-state index in [1.807, 2.05) is 24.0 Å². The number of hydrogen-bond donors (Lipinski definition) is 0. The largest absolute Gasteiger partial charge is 0.361 e. The van der Waals surface area contributed by atoms with Crippen molar-refractivity contribution >= 4 is 17.2 Å². The van der Waals surface area contributed by atoms with E-state index in [9.17, 15) is 9.18 Å². The molecule has 2 aromatic rings. The number of benzene rings is 1. The smallest absolute Gasteiger partial charge is 0.271 e. The van der Waals surface area contributed by atoms with Gasteiger partial charge in [0.2, 0.25) is 0 Å². The Morgan fingerprint density at radius 3 is 2.63 bits per heavy atom. The van der Waals surface area contributed by atoms with Crippen LogP contribution < -0.4 is 0 Å². The minimum Gasteiger partial charge on any atom is -0.361 e. The molecule has 1 fully saturated rings. The van der Waals surface area contributed by atoms with Crippen LogP contribution in [0.25, 0.3) is 5.57 Å². The van der Waals surface area contributed by atoms with Crippen LogP contribution in [0.4, 0.5) is 4.39 Å². The standard InChI is InChI=1S/C23H30FN3O.C8H13NO/c1-5-16(3)20(18-9-10-19(14-25)21(24)12-18)13-22(26-4)23(28)27-11-7-8-17(6-2)15-27;1-3-5-8-6-7(4-2)9-10-8/h9-10,12-13,16-17H,5-8,11,15H2,1-4H3;6H,3-5H2,1-2H3/b20-13+,26-22?;/t16?,17-;/m1./s1. The van der Waals surface area contributed by atoms with Crippen LogP contribution in [0.5, 0.6) is 0 Å². The lowest BCUT2D eigenvalue weighted by atomic mass is 9.89. The molecule has 1 aromatic heterocycles. The maximum atomic E-state index is 14.2. The lowest BCUT2D eigenvalue weighted by Crippen LogP contribution is -2.43. The third-order valence-corrected chi connectivity index (χ3v) is 7.17. The molecule has 1 saturated heterocycles. The highest BCUT2D eigenvalue weighted by Crippen LogP contribution is 2.28. The van der Waals surface area contributed by atoms with E-state index >= 15 is 0 Å². The first-order chi connectivity index (χ1) is 18.3. The number of carbonyl (C=O) groups excluding carboxylic acids is 1. The molecule has 2 heterocycles. The second kappa shape index (κ2) is 15.9. The van der Waals surface area contributed by atoms with Crippen molar-refractivity contribution in [1.82, 2.24) is 10.1 Å². The summed E-state index contributed by atoms with van der Waals surface area (Å²) in [5, 5.41) is 12.8. The molecular formula is C31H43FN4O2. The van der Waals surface area contributed by atoms with E-state index in [1.165, 1.54) is 12.1 Å². The van der Waals surface area contributed by atoms with Crippen LogP contribution in [0, 0.1) is 29.0 Å². The number of nitrogens with zero attached hydrogens (tertiary/aromatic N) is 4. The van der Waals surface area contributed by atoms with E-state index in [0.29, 0.717) is 17.2 Å². The van der Waals surface area contributed by atoms with Crippen LogP contribution in [0.1, 0.15) is 89.3 Å². The summed E-state index contributed by atoms with van der Waals surface area (Å²) in [6.07, 6.45) is 8.99. The predicted molar refractivity (Wildman–Crippen MR) is 151 cm³/mol. The first kappa shape index (κ1) is 31.0. The van der Waals surface area contributed by atoms with Gasteiger partial charge in [-0.2, -0.15) is 5.26 Å². The Bertz CT molecular complexity index is 1140. The predicted octanol–water partition coefficient (Wildman–Crippen LogP) is 7.04. The van der Waals surface area contributed by atoms with Crippen molar-refractivity contribution in [1.29, 1.82) is 5.26 Å². The van der Waals surface area contributed by atoms with Crippen LogP contribution in [0.2, 0.25) is 0 Å². The van der Waals surface area contributed by atoms with Crippen molar-refractivity contribution in [3.8, 4) is 6.07 Å². The quantitative estimate of drug-likeness (QED) is 0.331. The highest BCUT2D eigenvalue weighted by molar-refractivity contribution is 6.44. The molecule has 7 heteroatoms. The van der Waals surface area contributed by atoms with Crippen LogP contribution in [-0.4, -0.2) is 41.8 Å². The van der Waals surface area contributed by atoms with Crippen LogP contribution in [-0.2, 0) is 17.6 Å². The summed E-state index contributed by atoms with van der Waals surface area (Å²) >= 11 is 0.